The number of nitrogens with zero attached hydrogens (tertiary/aromatic N) is 2. The van der Waals surface area contributed by atoms with Gasteiger partial charge in [-0.15, -0.1) is 11.3 Å². The van der Waals surface area contributed by atoms with Crippen LogP contribution in [0, 0.1) is 0 Å². The summed E-state index contributed by atoms with van der Waals surface area (Å²) in [6.07, 6.45) is 9.94. The average molecular weight is 430 g/mol. The van der Waals surface area contributed by atoms with Crippen molar-refractivity contribution in [1.29, 1.82) is 0 Å². The second kappa shape index (κ2) is 10.5. The predicted molar refractivity (Wildman–Crippen MR) is 120 cm³/mol. The van der Waals surface area contributed by atoms with Crippen molar-refractivity contribution in [3.8, 4) is 11.3 Å². The number of benzene rings is 1. The van der Waals surface area contributed by atoms with Crippen LogP contribution in [0.2, 0.25) is 0 Å². The van der Waals surface area contributed by atoms with E-state index in [0.29, 0.717) is 4.90 Å². The highest BCUT2D eigenvalue weighted by Crippen LogP contribution is 2.27. The number of sulfone groups is 1. The fourth-order valence-corrected chi connectivity index (χ4v) is 5.15. The van der Waals surface area contributed by atoms with Crippen molar-refractivity contribution in [3.05, 3.63) is 54.2 Å². The number of unbranched alkanes of at least 4 members (excludes halogenated alkanes) is 5. The summed E-state index contributed by atoms with van der Waals surface area (Å²) in [4.78, 5) is 9.06. The van der Waals surface area contributed by atoms with Gasteiger partial charge in [-0.2, -0.15) is 0 Å². The van der Waals surface area contributed by atoms with E-state index in [0.717, 1.165) is 41.3 Å². The van der Waals surface area contributed by atoms with Crippen LogP contribution >= 0.6 is 11.3 Å². The molecule has 0 amide bonds. The highest BCUT2D eigenvalue weighted by atomic mass is 32.2. The van der Waals surface area contributed by atoms with Crippen LogP contribution in [0.25, 0.3) is 11.3 Å². The minimum absolute atomic E-state index is 0.215. The number of hydrogen-bond donors (Lipinski definition) is 1. The molecule has 0 bridgehead atoms. The zero-order valence-electron chi connectivity index (χ0n) is 16.7. The van der Waals surface area contributed by atoms with Gasteiger partial charge in [0.2, 0.25) is 0 Å². The Morgan fingerprint density at radius 2 is 1.76 bits per heavy atom. The summed E-state index contributed by atoms with van der Waals surface area (Å²) in [6, 6.07) is 10.8. The van der Waals surface area contributed by atoms with Gasteiger partial charge in [0, 0.05) is 29.0 Å². The molecule has 1 aromatic carbocycles. The van der Waals surface area contributed by atoms with Gasteiger partial charge in [0.25, 0.3) is 0 Å². The molecule has 0 aliphatic rings. The van der Waals surface area contributed by atoms with Crippen LogP contribution in [-0.4, -0.2) is 24.1 Å². The van der Waals surface area contributed by atoms with Crippen LogP contribution in [-0.2, 0) is 9.84 Å². The van der Waals surface area contributed by atoms with Crippen LogP contribution in [0.15, 0.2) is 59.1 Å². The Balaban J connectivity index is 1.55. The van der Waals surface area contributed by atoms with Crippen molar-refractivity contribution in [2.45, 2.75) is 50.3 Å². The summed E-state index contributed by atoms with van der Waals surface area (Å²) >= 11 is 1.50. The highest BCUT2D eigenvalue weighted by molar-refractivity contribution is 7.91. The van der Waals surface area contributed by atoms with Gasteiger partial charge in [-0.3, -0.25) is 4.98 Å². The molecule has 0 atom stereocenters. The Hall–Kier alpha value is -2.25. The summed E-state index contributed by atoms with van der Waals surface area (Å²) in [5.41, 5.74) is 2.65. The van der Waals surface area contributed by atoms with Crippen LogP contribution in [0.1, 0.15) is 45.4 Å². The van der Waals surface area contributed by atoms with Crippen molar-refractivity contribution < 1.29 is 8.42 Å². The van der Waals surface area contributed by atoms with Gasteiger partial charge in [-0.05, 0) is 42.8 Å². The van der Waals surface area contributed by atoms with Crippen molar-refractivity contribution in [3.63, 3.8) is 0 Å². The lowest BCUT2D eigenvalue weighted by atomic mass is 10.1. The maximum Gasteiger partial charge on any atom is 0.187 e. The second-order valence-corrected chi connectivity index (χ2v) is 9.98. The number of aromatic nitrogens is 2. The first-order valence-electron chi connectivity index (χ1n) is 10.0. The maximum absolute atomic E-state index is 12.5. The minimum atomic E-state index is -3.22. The zero-order chi connectivity index (χ0) is 20.5. The first kappa shape index (κ1) is 21.5. The van der Waals surface area contributed by atoms with Gasteiger partial charge in [0.05, 0.1) is 16.3 Å². The molecule has 0 aliphatic heterocycles. The van der Waals surface area contributed by atoms with E-state index in [2.05, 4.69) is 22.2 Å². The highest BCUT2D eigenvalue weighted by Gasteiger charge is 2.14. The van der Waals surface area contributed by atoms with E-state index < -0.39 is 9.84 Å². The molecule has 0 unspecified atom stereocenters. The fourth-order valence-electron chi connectivity index (χ4n) is 3.04. The molecule has 3 rings (SSSR count). The standard InChI is InChI=1S/C22H27N3O2S2/c1-2-3-4-5-6-7-15-29(26,27)20-12-10-19(11-13-20)24-22-25-21(17-28-22)18-9-8-14-23-16-18/h8-14,16-17H,2-7,15H2,1H3,(H,24,25). The summed E-state index contributed by atoms with van der Waals surface area (Å²) in [5, 5.41) is 5.96. The summed E-state index contributed by atoms with van der Waals surface area (Å²) in [6.45, 7) is 2.18. The lowest BCUT2D eigenvalue weighted by Gasteiger charge is -2.07. The van der Waals surface area contributed by atoms with Gasteiger partial charge >= 0.3 is 0 Å². The van der Waals surface area contributed by atoms with Crippen LogP contribution in [0.3, 0.4) is 0 Å². The Bertz CT molecular complexity index is 984. The van der Waals surface area contributed by atoms with E-state index in [9.17, 15) is 8.42 Å². The number of pyridine rings is 1. The van der Waals surface area contributed by atoms with Crippen LogP contribution in [0.4, 0.5) is 10.8 Å². The topological polar surface area (TPSA) is 72.0 Å². The van der Waals surface area contributed by atoms with Gasteiger partial charge < -0.3 is 5.32 Å². The smallest absolute Gasteiger partial charge is 0.187 e. The average Bonchev–Trinajstić information content (AvgIpc) is 3.20. The van der Waals surface area contributed by atoms with Gasteiger partial charge in [-0.25, -0.2) is 13.4 Å². The number of nitrogens with one attached hydrogen (secondary N) is 1. The molecule has 2 aromatic heterocycles. The van der Waals surface area contributed by atoms with E-state index in [1.807, 2.05) is 17.5 Å². The molecule has 29 heavy (non-hydrogen) atoms. The maximum atomic E-state index is 12.5. The quantitative estimate of drug-likeness (QED) is 0.374. The third-order valence-electron chi connectivity index (χ3n) is 4.69. The van der Waals surface area contributed by atoms with Crippen molar-refractivity contribution in [1.82, 2.24) is 9.97 Å². The molecule has 0 saturated carbocycles. The van der Waals surface area contributed by atoms with E-state index in [4.69, 9.17) is 0 Å². The van der Waals surface area contributed by atoms with E-state index >= 15 is 0 Å². The number of anilines is 2. The van der Waals surface area contributed by atoms with Crippen molar-refractivity contribution >= 4 is 32.0 Å². The largest absolute Gasteiger partial charge is 0.332 e. The lowest BCUT2D eigenvalue weighted by Crippen LogP contribution is -2.07. The van der Waals surface area contributed by atoms with Crippen molar-refractivity contribution in [2.24, 2.45) is 0 Å². The number of thiazole rings is 1. The molecule has 7 heteroatoms. The summed E-state index contributed by atoms with van der Waals surface area (Å²) < 4.78 is 25.0. The fraction of sp³-hybridized carbons (Fsp3) is 0.364. The van der Waals surface area contributed by atoms with Crippen molar-refractivity contribution in [2.75, 3.05) is 11.1 Å². The lowest BCUT2D eigenvalue weighted by molar-refractivity contribution is 0.583. The molecule has 2 heterocycles. The second-order valence-electron chi connectivity index (χ2n) is 7.02. The number of hydrogen-bond acceptors (Lipinski definition) is 6. The van der Waals surface area contributed by atoms with E-state index in [-0.39, 0.29) is 5.75 Å². The van der Waals surface area contributed by atoms with E-state index in [1.54, 1.807) is 36.7 Å². The monoisotopic (exact) mass is 429 g/mol. The molecule has 0 saturated heterocycles. The molecule has 0 aliphatic carbocycles. The predicted octanol–water partition coefficient (Wildman–Crippen LogP) is 6.08. The van der Waals surface area contributed by atoms with Crippen LogP contribution in [0.5, 0.6) is 0 Å². The summed E-state index contributed by atoms with van der Waals surface area (Å²) in [7, 11) is -3.22. The third kappa shape index (κ3) is 6.37. The first-order chi connectivity index (χ1) is 14.1. The first-order valence-corrected chi connectivity index (χ1v) is 12.6. The van der Waals surface area contributed by atoms with Gasteiger partial charge in [0.15, 0.2) is 15.0 Å². The molecular weight excluding hydrogens is 402 g/mol. The van der Waals surface area contributed by atoms with E-state index in [1.165, 1.54) is 30.6 Å². The Morgan fingerprint density at radius 1 is 1.00 bits per heavy atom. The third-order valence-corrected chi connectivity index (χ3v) is 7.27. The van der Waals surface area contributed by atoms with Gasteiger partial charge in [0.1, 0.15) is 0 Å². The van der Waals surface area contributed by atoms with Gasteiger partial charge in [-0.1, -0.05) is 39.0 Å². The summed E-state index contributed by atoms with van der Waals surface area (Å²) in [5.74, 6) is 0.215. The molecule has 0 fully saturated rings. The normalized spacial score (nSPS) is 11.5. The molecule has 0 radical (unpaired) electrons. The van der Waals surface area contributed by atoms with Crippen LogP contribution < -0.4 is 5.32 Å². The zero-order valence-corrected chi connectivity index (χ0v) is 18.3. The molecule has 154 valence electrons. The molecule has 1 N–H and O–H groups in total. The Morgan fingerprint density at radius 3 is 2.48 bits per heavy atom. The molecular formula is C22H27N3O2S2. The Kier molecular flexibility index (Phi) is 7.77. The SMILES string of the molecule is CCCCCCCCS(=O)(=O)c1ccc(Nc2nc(-c3cccnc3)cs2)cc1. The minimum Gasteiger partial charge on any atom is -0.332 e. The Labute approximate surface area is 177 Å². The molecule has 0 spiro atoms. The molecule has 3 aromatic rings. The molecule has 5 nitrogen and oxygen atoms in total. The number of rotatable bonds is 11.